The number of benzene rings is 2. The zero-order valence-electron chi connectivity index (χ0n) is 18.1. The van der Waals surface area contributed by atoms with Gasteiger partial charge in [0.05, 0.1) is 24.0 Å². The van der Waals surface area contributed by atoms with E-state index >= 15 is 0 Å². The minimum Gasteiger partial charge on any atom is -0.497 e. The number of hydrogen-bond donors (Lipinski definition) is 3. The summed E-state index contributed by atoms with van der Waals surface area (Å²) in [7, 11) is 1.53. The Bertz CT molecular complexity index is 1530. The lowest BCUT2D eigenvalue weighted by Gasteiger charge is -2.14. The van der Waals surface area contributed by atoms with Gasteiger partial charge in [0.15, 0.2) is 0 Å². The second-order valence-electron chi connectivity index (χ2n) is 8.20. The molecular formula is C26H22FN5O. The maximum absolute atomic E-state index is 14.2. The molecular weight excluding hydrogens is 417 g/mol. The number of nitrogens with zero attached hydrogens (tertiary/aromatic N) is 2. The first kappa shape index (κ1) is 19.7. The number of methoxy groups -OCH3 is 1. The molecule has 33 heavy (non-hydrogen) atoms. The number of halogens is 1. The van der Waals surface area contributed by atoms with E-state index in [-0.39, 0.29) is 5.82 Å². The van der Waals surface area contributed by atoms with Crippen molar-refractivity contribution < 1.29 is 9.13 Å². The molecule has 0 fully saturated rings. The summed E-state index contributed by atoms with van der Waals surface area (Å²) in [5, 5.41) is 13.1. The van der Waals surface area contributed by atoms with Crippen molar-refractivity contribution in [2.75, 3.05) is 20.2 Å². The molecule has 0 radical (unpaired) electrons. The molecule has 0 spiro atoms. The zero-order valence-corrected chi connectivity index (χ0v) is 18.1. The molecule has 0 aliphatic carbocycles. The van der Waals surface area contributed by atoms with E-state index < -0.39 is 0 Å². The highest BCUT2D eigenvalue weighted by molar-refractivity contribution is 6.00. The van der Waals surface area contributed by atoms with Gasteiger partial charge in [-0.1, -0.05) is 12.1 Å². The Morgan fingerprint density at radius 2 is 1.85 bits per heavy atom. The van der Waals surface area contributed by atoms with Crippen LogP contribution in [-0.4, -0.2) is 40.4 Å². The van der Waals surface area contributed by atoms with Crippen LogP contribution in [0.5, 0.6) is 5.75 Å². The number of fused-ring (bicyclic) bond motifs is 2. The average molecular weight is 439 g/mol. The maximum atomic E-state index is 14.2. The summed E-state index contributed by atoms with van der Waals surface area (Å²) in [6.07, 6.45) is 4.98. The summed E-state index contributed by atoms with van der Waals surface area (Å²) < 4.78 is 19.4. The van der Waals surface area contributed by atoms with Crippen LogP contribution in [0.4, 0.5) is 4.39 Å². The normalized spacial score (nSPS) is 14.1. The second-order valence-corrected chi connectivity index (χ2v) is 8.20. The molecule has 6 nitrogen and oxygen atoms in total. The summed E-state index contributed by atoms with van der Waals surface area (Å²) in [6, 6.07) is 15.0. The van der Waals surface area contributed by atoms with Gasteiger partial charge in [0.2, 0.25) is 0 Å². The number of hydrogen-bond acceptors (Lipinski definition) is 4. The van der Waals surface area contributed by atoms with Crippen LogP contribution in [0, 0.1) is 5.82 Å². The molecule has 0 saturated carbocycles. The van der Waals surface area contributed by atoms with Crippen molar-refractivity contribution in [2.24, 2.45) is 0 Å². The molecule has 3 aromatic heterocycles. The van der Waals surface area contributed by atoms with Crippen molar-refractivity contribution in [2.45, 2.75) is 6.42 Å². The number of aromatic amines is 2. The number of H-pyrrole nitrogens is 2. The summed E-state index contributed by atoms with van der Waals surface area (Å²) in [4.78, 5) is 8.01. The zero-order chi connectivity index (χ0) is 22.4. The van der Waals surface area contributed by atoms with E-state index in [2.05, 4.69) is 49.8 Å². The van der Waals surface area contributed by atoms with E-state index in [9.17, 15) is 4.39 Å². The van der Waals surface area contributed by atoms with Crippen molar-refractivity contribution in [3.63, 3.8) is 0 Å². The molecule has 1 aliphatic heterocycles. The Kier molecular flexibility index (Phi) is 4.69. The topological polar surface area (TPSA) is 78.6 Å². The van der Waals surface area contributed by atoms with Crippen molar-refractivity contribution in [3.05, 3.63) is 72.2 Å². The van der Waals surface area contributed by atoms with Crippen LogP contribution < -0.4 is 10.1 Å². The summed E-state index contributed by atoms with van der Waals surface area (Å²) >= 11 is 0. The van der Waals surface area contributed by atoms with E-state index in [0.29, 0.717) is 17.0 Å². The average Bonchev–Trinajstić information content (AvgIpc) is 3.47. The summed E-state index contributed by atoms with van der Waals surface area (Å²) in [5.74, 6) is 0.0922. The number of pyridine rings is 1. The van der Waals surface area contributed by atoms with Crippen molar-refractivity contribution in [1.29, 1.82) is 0 Å². The van der Waals surface area contributed by atoms with E-state index in [1.165, 1.54) is 30.4 Å². The third kappa shape index (κ3) is 3.47. The van der Waals surface area contributed by atoms with E-state index in [1.807, 2.05) is 12.1 Å². The van der Waals surface area contributed by atoms with Gasteiger partial charge in [-0.05, 0) is 60.5 Å². The lowest BCUT2D eigenvalue weighted by atomic mass is 9.98. The first-order valence-corrected chi connectivity index (χ1v) is 10.9. The van der Waals surface area contributed by atoms with Gasteiger partial charge in [-0.2, -0.15) is 5.10 Å². The van der Waals surface area contributed by atoms with Crippen LogP contribution in [0.25, 0.3) is 50.0 Å². The third-order valence-corrected chi connectivity index (χ3v) is 6.18. The van der Waals surface area contributed by atoms with Gasteiger partial charge >= 0.3 is 0 Å². The van der Waals surface area contributed by atoms with Crippen molar-refractivity contribution >= 4 is 27.4 Å². The molecule has 2 aromatic carbocycles. The molecule has 6 rings (SSSR count). The fraction of sp³-hybridized carbons (Fsp3) is 0.154. The Morgan fingerprint density at radius 3 is 2.70 bits per heavy atom. The molecule has 0 unspecified atom stereocenters. The molecule has 0 saturated heterocycles. The van der Waals surface area contributed by atoms with E-state index in [0.717, 1.165) is 52.7 Å². The molecule has 0 bridgehead atoms. The molecule has 4 heterocycles. The van der Waals surface area contributed by atoms with Gasteiger partial charge in [0.1, 0.15) is 17.3 Å². The Labute approximate surface area is 189 Å². The minimum absolute atomic E-state index is 0.364. The highest BCUT2D eigenvalue weighted by Crippen LogP contribution is 2.35. The van der Waals surface area contributed by atoms with Crippen LogP contribution in [0.15, 0.2) is 60.8 Å². The predicted octanol–water partition coefficient (Wildman–Crippen LogP) is 5.30. The van der Waals surface area contributed by atoms with E-state index in [4.69, 9.17) is 4.74 Å². The highest BCUT2D eigenvalue weighted by atomic mass is 19.1. The van der Waals surface area contributed by atoms with Gasteiger partial charge in [-0.25, -0.2) is 4.39 Å². The largest absolute Gasteiger partial charge is 0.497 e. The lowest BCUT2D eigenvalue weighted by Crippen LogP contribution is -2.19. The first-order chi connectivity index (χ1) is 16.2. The molecule has 1 aliphatic rings. The van der Waals surface area contributed by atoms with Crippen LogP contribution in [0.1, 0.15) is 12.0 Å². The smallest absolute Gasteiger partial charge is 0.127 e. The molecule has 7 heteroatoms. The highest BCUT2D eigenvalue weighted by Gasteiger charge is 2.16. The van der Waals surface area contributed by atoms with Crippen LogP contribution in [0.2, 0.25) is 0 Å². The Hall–Kier alpha value is -3.97. The maximum Gasteiger partial charge on any atom is 0.127 e. The molecule has 5 aromatic rings. The molecule has 0 amide bonds. The van der Waals surface area contributed by atoms with Crippen molar-refractivity contribution in [3.8, 4) is 28.4 Å². The number of rotatable bonds is 4. The quantitative estimate of drug-likeness (QED) is 0.355. The standard InChI is InChI=1S/C26H22FN5O/c1-33-19-11-17(10-18(27)13-19)25-21-14-24(30-22(21)6-9-29-25)26-20-12-16(2-3-23(20)31-32-26)15-4-7-28-8-5-15/h2-4,6,9-14,28,30H,5,7-8H2,1H3,(H,31,32). The Morgan fingerprint density at radius 1 is 0.939 bits per heavy atom. The van der Waals surface area contributed by atoms with E-state index in [1.54, 1.807) is 12.3 Å². The monoisotopic (exact) mass is 439 g/mol. The predicted molar refractivity (Wildman–Crippen MR) is 129 cm³/mol. The SMILES string of the molecule is COc1cc(F)cc(-c2nccc3[nH]c(-c4n[nH]c5ccc(C6=CCNCC6)cc45)cc23)c1. The van der Waals surface area contributed by atoms with Gasteiger partial charge < -0.3 is 15.0 Å². The lowest BCUT2D eigenvalue weighted by molar-refractivity contribution is 0.411. The summed E-state index contributed by atoms with van der Waals surface area (Å²) in [5.41, 5.74) is 7.54. The first-order valence-electron chi connectivity index (χ1n) is 10.9. The molecule has 3 N–H and O–H groups in total. The van der Waals surface area contributed by atoms with Crippen LogP contribution in [-0.2, 0) is 0 Å². The minimum atomic E-state index is -0.364. The van der Waals surface area contributed by atoms with Gasteiger partial charge in [0.25, 0.3) is 0 Å². The Balaban J connectivity index is 1.48. The van der Waals surface area contributed by atoms with Gasteiger partial charge in [0, 0.05) is 40.7 Å². The molecule has 0 atom stereocenters. The fourth-order valence-electron chi connectivity index (χ4n) is 4.53. The fourth-order valence-corrected chi connectivity index (χ4v) is 4.53. The number of aromatic nitrogens is 4. The van der Waals surface area contributed by atoms with Crippen LogP contribution >= 0.6 is 0 Å². The van der Waals surface area contributed by atoms with Crippen LogP contribution in [0.3, 0.4) is 0 Å². The molecule has 164 valence electrons. The number of nitrogens with one attached hydrogen (secondary N) is 3. The second kappa shape index (κ2) is 7.86. The number of ether oxygens (including phenoxy) is 1. The third-order valence-electron chi connectivity index (χ3n) is 6.18. The van der Waals surface area contributed by atoms with Gasteiger partial charge in [-0.15, -0.1) is 0 Å². The van der Waals surface area contributed by atoms with Gasteiger partial charge in [-0.3, -0.25) is 10.1 Å². The van der Waals surface area contributed by atoms with Crippen molar-refractivity contribution in [1.82, 2.24) is 25.5 Å². The summed E-state index contributed by atoms with van der Waals surface area (Å²) in [6.45, 7) is 1.89.